The van der Waals surface area contributed by atoms with Crippen LogP contribution in [0, 0.1) is 13.8 Å². The van der Waals surface area contributed by atoms with E-state index < -0.39 is 0 Å². The van der Waals surface area contributed by atoms with Crippen molar-refractivity contribution in [3.8, 4) is 10.4 Å². The first-order valence-electron chi connectivity index (χ1n) is 5.82. The summed E-state index contributed by atoms with van der Waals surface area (Å²) >= 11 is 1.37. The van der Waals surface area contributed by atoms with Gasteiger partial charge in [0, 0.05) is 6.20 Å². The summed E-state index contributed by atoms with van der Waals surface area (Å²) in [4.78, 5) is 16.7. The van der Waals surface area contributed by atoms with Gasteiger partial charge >= 0.3 is 5.97 Å². The molecule has 0 saturated carbocycles. The first kappa shape index (κ1) is 12.8. The van der Waals surface area contributed by atoms with Crippen LogP contribution >= 0.6 is 11.3 Å². The Morgan fingerprint density at radius 3 is 2.83 bits per heavy atom. The average molecular weight is 261 g/mol. The lowest BCUT2D eigenvalue weighted by Crippen LogP contribution is -2.03. The minimum Gasteiger partial charge on any atom is -0.461 e. The summed E-state index contributed by atoms with van der Waals surface area (Å²) in [5, 5.41) is 0.409. The summed E-state index contributed by atoms with van der Waals surface area (Å²) in [7, 11) is 0. The maximum Gasteiger partial charge on any atom is 0.367 e. The van der Waals surface area contributed by atoms with Crippen LogP contribution in [-0.2, 0) is 4.74 Å². The monoisotopic (exact) mass is 261 g/mol. The summed E-state index contributed by atoms with van der Waals surface area (Å²) in [6.07, 6.45) is 1.73. The van der Waals surface area contributed by atoms with Crippen molar-refractivity contribution < 1.29 is 9.53 Å². The fraction of sp³-hybridized carbons (Fsp3) is 0.286. The Morgan fingerprint density at radius 1 is 1.39 bits per heavy atom. The topological polar surface area (TPSA) is 39.2 Å². The fourth-order valence-corrected chi connectivity index (χ4v) is 2.68. The van der Waals surface area contributed by atoms with Crippen LogP contribution in [0.4, 0.5) is 0 Å². The van der Waals surface area contributed by atoms with Crippen molar-refractivity contribution in [3.63, 3.8) is 0 Å². The second-order valence-electron chi connectivity index (χ2n) is 4.07. The maximum atomic E-state index is 11.6. The lowest BCUT2D eigenvalue weighted by atomic mass is 10.1. The fourth-order valence-electron chi connectivity index (χ4n) is 1.78. The molecule has 1 heterocycles. The van der Waals surface area contributed by atoms with E-state index in [1.807, 2.05) is 0 Å². The Balaban J connectivity index is 2.32. The van der Waals surface area contributed by atoms with Gasteiger partial charge in [-0.15, -0.1) is 11.3 Å². The quantitative estimate of drug-likeness (QED) is 0.792. The Bertz CT molecular complexity index is 575. The van der Waals surface area contributed by atoms with Gasteiger partial charge in [-0.05, 0) is 31.9 Å². The van der Waals surface area contributed by atoms with Crippen molar-refractivity contribution in [3.05, 3.63) is 40.5 Å². The molecule has 94 valence electrons. The number of aryl methyl sites for hydroxylation is 2. The number of esters is 1. The van der Waals surface area contributed by atoms with E-state index in [0.29, 0.717) is 11.6 Å². The Morgan fingerprint density at radius 2 is 2.17 bits per heavy atom. The molecule has 0 atom stereocenters. The molecule has 0 aliphatic carbocycles. The minimum absolute atomic E-state index is 0.349. The Hall–Kier alpha value is -1.68. The highest BCUT2D eigenvalue weighted by Crippen LogP contribution is 2.29. The van der Waals surface area contributed by atoms with Gasteiger partial charge in [-0.2, -0.15) is 0 Å². The van der Waals surface area contributed by atoms with E-state index in [4.69, 9.17) is 4.74 Å². The molecule has 3 nitrogen and oxygen atoms in total. The van der Waals surface area contributed by atoms with E-state index in [2.05, 4.69) is 37.0 Å². The van der Waals surface area contributed by atoms with Gasteiger partial charge in [0.25, 0.3) is 0 Å². The molecule has 1 aromatic heterocycles. The van der Waals surface area contributed by atoms with Crippen molar-refractivity contribution in [2.75, 3.05) is 6.61 Å². The van der Waals surface area contributed by atoms with Gasteiger partial charge in [-0.25, -0.2) is 9.78 Å². The van der Waals surface area contributed by atoms with Crippen molar-refractivity contribution >= 4 is 17.3 Å². The van der Waals surface area contributed by atoms with E-state index in [-0.39, 0.29) is 5.97 Å². The van der Waals surface area contributed by atoms with E-state index in [0.717, 1.165) is 10.4 Å². The largest absolute Gasteiger partial charge is 0.461 e. The number of hydrogen-bond acceptors (Lipinski definition) is 4. The third-order valence-electron chi connectivity index (χ3n) is 2.60. The van der Waals surface area contributed by atoms with Gasteiger partial charge in [0.05, 0.1) is 11.5 Å². The zero-order chi connectivity index (χ0) is 13.1. The molecule has 2 aromatic rings. The molecule has 0 radical (unpaired) electrons. The number of carbonyl (C=O) groups is 1. The van der Waals surface area contributed by atoms with E-state index in [1.54, 1.807) is 13.1 Å². The van der Waals surface area contributed by atoms with Gasteiger partial charge in [0.2, 0.25) is 5.01 Å². The predicted molar refractivity (Wildman–Crippen MR) is 73.0 cm³/mol. The summed E-state index contributed by atoms with van der Waals surface area (Å²) < 4.78 is 4.94. The smallest absolute Gasteiger partial charge is 0.367 e. The van der Waals surface area contributed by atoms with Crippen molar-refractivity contribution in [2.45, 2.75) is 20.8 Å². The highest BCUT2D eigenvalue weighted by Gasteiger charge is 2.13. The van der Waals surface area contributed by atoms with E-state index in [1.165, 1.54) is 22.5 Å². The third kappa shape index (κ3) is 2.59. The van der Waals surface area contributed by atoms with Gasteiger partial charge in [0.15, 0.2) is 0 Å². The lowest BCUT2D eigenvalue weighted by molar-refractivity contribution is 0.0526. The molecule has 0 N–H and O–H groups in total. The Labute approximate surface area is 110 Å². The standard InChI is InChI=1S/C14H15NO2S/c1-4-17-14(16)13-15-8-12(18-13)11-6-5-9(2)7-10(11)3/h5-8H,4H2,1-3H3. The molecule has 0 unspecified atom stereocenters. The molecule has 2 rings (SSSR count). The summed E-state index contributed by atoms with van der Waals surface area (Å²) in [5.41, 5.74) is 3.54. The Kier molecular flexibility index (Phi) is 3.77. The molecular formula is C14H15NO2S. The van der Waals surface area contributed by atoms with Crippen LogP contribution in [0.1, 0.15) is 27.9 Å². The van der Waals surface area contributed by atoms with Crippen LogP contribution in [0.5, 0.6) is 0 Å². The molecule has 0 bridgehead atoms. The number of ether oxygens (including phenoxy) is 1. The SMILES string of the molecule is CCOC(=O)c1ncc(-c2ccc(C)cc2C)s1. The summed E-state index contributed by atoms with van der Waals surface area (Å²) in [5.74, 6) is -0.349. The number of carbonyl (C=O) groups excluding carboxylic acids is 1. The first-order valence-corrected chi connectivity index (χ1v) is 6.64. The van der Waals surface area contributed by atoms with Crippen LogP contribution in [-0.4, -0.2) is 17.6 Å². The van der Waals surface area contributed by atoms with Crippen LogP contribution in [0.2, 0.25) is 0 Å². The maximum absolute atomic E-state index is 11.6. The van der Waals surface area contributed by atoms with Crippen molar-refractivity contribution in [1.29, 1.82) is 0 Å². The number of thiazole rings is 1. The zero-order valence-corrected chi connectivity index (χ0v) is 11.5. The molecule has 0 aliphatic heterocycles. The number of aromatic nitrogens is 1. The van der Waals surface area contributed by atoms with Crippen LogP contribution in [0.3, 0.4) is 0 Å². The van der Waals surface area contributed by atoms with Crippen molar-refractivity contribution in [2.24, 2.45) is 0 Å². The molecule has 0 saturated heterocycles. The van der Waals surface area contributed by atoms with Gasteiger partial charge in [0.1, 0.15) is 0 Å². The molecule has 0 fully saturated rings. The molecule has 0 aliphatic rings. The summed E-state index contributed by atoms with van der Waals surface area (Å²) in [6, 6.07) is 6.25. The van der Waals surface area contributed by atoms with Crippen LogP contribution in [0.25, 0.3) is 10.4 Å². The number of hydrogen-bond donors (Lipinski definition) is 0. The molecule has 0 amide bonds. The van der Waals surface area contributed by atoms with Gasteiger partial charge < -0.3 is 4.74 Å². The van der Waals surface area contributed by atoms with Gasteiger partial charge in [-0.1, -0.05) is 23.8 Å². The predicted octanol–water partition coefficient (Wildman–Crippen LogP) is 3.60. The van der Waals surface area contributed by atoms with Crippen LogP contribution < -0.4 is 0 Å². The number of benzene rings is 1. The molecule has 4 heteroatoms. The van der Waals surface area contributed by atoms with Gasteiger partial charge in [-0.3, -0.25) is 0 Å². The molecule has 0 spiro atoms. The van der Waals surface area contributed by atoms with E-state index >= 15 is 0 Å². The molecule has 1 aromatic carbocycles. The summed E-state index contributed by atoms with van der Waals surface area (Å²) in [6.45, 7) is 6.29. The lowest BCUT2D eigenvalue weighted by Gasteiger charge is -2.03. The zero-order valence-electron chi connectivity index (χ0n) is 10.7. The second-order valence-corrected chi connectivity index (χ2v) is 5.10. The molecular weight excluding hydrogens is 246 g/mol. The number of nitrogens with zero attached hydrogens (tertiary/aromatic N) is 1. The highest BCUT2D eigenvalue weighted by atomic mass is 32.1. The first-order chi connectivity index (χ1) is 8.61. The minimum atomic E-state index is -0.349. The normalized spacial score (nSPS) is 10.4. The van der Waals surface area contributed by atoms with E-state index in [9.17, 15) is 4.79 Å². The average Bonchev–Trinajstić information content (AvgIpc) is 2.78. The third-order valence-corrected chi connectivity index (χ3v) is 3.61. The molecule has 18 heavy (non-hydrogen) atoms. The second kappa shape index (κ2) is 5.31. The number of rotatable bonds is 3. The van der Waals surface area contributed by atoms with Crippen molar-refractivity contribution in [1.82, 2.24) is 4.98 Å². The highest BCUT2D eigenvalue weighted by molar-refractivity contribution is 7.16. The van der Waals surface area contributed by atoms with Crippen LogP contribution in [0.15, 0.2) is 24.4 Å².